The average molecular weight is 543 g/mol. The molecule has 1 aliphatic heterocycles. The van der Waals surface area contributed by atoms with E-state index in [1.165, 1.54) is 0 Å². The van der Waals surface area contributed by atoms with Gasteiger partial charge in [0.1, 0.15) is 11.9 Å². The molecule has 0 radical (unpaired) electrons. The molecule has 1 heterocycles. The minimum atomic E-state index is -5.22. The van der Waals surface area contributed by atoms with Crippen LogP contribution in [0.3, 0.4) is 0 Å². The number of hydrogen-bond donors (Lipinski definition) is 0. The summed E-state index contributed by atoms with van der Waals surface area (Å²) in [7, 11) is 0. The molecule has 3 aromatic carbocycles. The van der Waals surface area contributed by atoms with Crippen LogP contribution < -0.4 is 4.74 Å². The SMILES string of the molecule is CCCOC1COC(CCc2ccc3c(F)c(CCc4cc(F)c(OC(F)(F)F)c(F)c4)ccc3c2)OC1. The molecule has 1 aliphatic rings. The molecule has 1 fully saturated rings. The van der Waals surface area contributed by atoms with Crippen molar-refractivity contribution in [2.45, 2.75) is 57.8 Å². The summed E-state index contributed by atoms with van der Waals surface area (Å²) >= 11 is 0. The first-order valence-corrected chi connectivity index (χ1v) is 12.4. The number of hydrogen-bond acceptors (Lipinski definition) is 4. The van der Waals surface area contributed by atoms with Gasteiger partial charge in [-0.3, -0.25) is 0 Å². The monoisotopic (exact) mass is 542 g/mol. The Morgan fingerprint density at radius 2 is 1.58 bits per heavy atom. The van der Waals surface area contributed by atoms with Gasteiger partial charge in [-0.25, -0.2) is 13.2 Å². The molecule has 0 N–H and O–H groups in total. The molecule has 206 valence electrons. The van der Waals surface area contributed by atoms with E-state index in [9.17, 15) is 22.0 Å². The lowest BCUT2D eigenvalue weighted by Crippen LogP contribution is -2.37. The van der Waals surface area contributed by atoms with Gasteiger partial charge in [0.25, 0.3) is 0 Å². The summed E-state index contributed by atoms with van der Waals surface area (Å²) in [6, 6.07) is 10.3. The lowest BCUT2D eigenvalue weighted by atomic mass is 9.98. The minimum absolute atomic E-state index is 0.0202. The van der Waals surface area contributed by atoms with Crippen molar-refractivity contribution >= 4 is 10.8 Å². The summed E-state index contributed by atoms with van der Waals surface area (Å²) in [6.07, 6.45) is -3.22. The van der Waals surface area contributed by atoms with Gasteiger partial charge < -0.3 is 18.9 Å². The zero-order valence-corrected chi connectivity index (χ0v) is 20.8. The fourth-order valence-electron chi connectivity index (χ4n) is 4.34. The Labute approximate surface area is 216 Å². The van der Waals surface area contributed by atoms with E-state index in [-0.39, 0.29) is 30.8 Å². The maximum Gasteiger partial charge on any atom is 0.573 e. The lowest BCUT2D eigenvalue weighted by Gasteiger charge is -2.29. The van der Waals surface area contributed by atoms with Crippen molar-refractivity contribution in [2.24, 2.45) is 0 Å². The van der Waals surface area contributed by atoms with Gasteiger partial charge >= 0.3 is 6.36 Å². The standard InChI is InChI=1S/C28H28F6O4/c1-2-11-35-21-15-36-25(37-16-21)10-5-17-4-9-22-20(12-17)8-7-19(26(22)31)6-3-18-13-23(29)27(24(30)14-18)38-28(32,33)34/h4,7-9,12-14,21,25H,2-3,5-6,10-11,15-16H2,1H3. The lowest BCUT2D eigenvalue weighted by molar-refractivity contribution is -0.276. The van der Waals surface area contributed by atoms with Gasteiger partial charge in [-0.15, -0.1) is 13.2 Å². The highest BCUT2D eigenvalue weighted by Crippen LogP contribution is 2.30. The Hall–Kier alpha value is -2.82. The van der Waals surface area contributed by atoms with Crippen LogP contribution >= 0.6 is 0 Å². The predicted octanol–water partition coefficient (Wildman–Crippen LogP) is 7.04. The van der Waals surface area contributed by atoms with Gasteiger partial charge in [0.05, 0.1) is 13.2 Å². The molecular formula is C28H28F6O4. The molecule has 10 heteroatoms. The van der Waals surface area contributed by atoms with E-state index in [1.54, 1.807) is 18.2 Å². The normalized spacial score (nSPS) is 18.2. The largest absolute Gasteiger partial charge is 0.573 e. The molecule has 0 aromatic heterocycles. The predicted molar refractivity (Wildman–Crippen MR) is 128 cm³/mol. The molecule has 0 unspecified atom stereocenters. The number of halogens is 6. The molecule has 0 atom stereocenters. The third kappa shape index (κ3) is 7.39. The molecule has 4 rings (SSSR count). The van der Waals surface area contributed by atoms with Crippen LogP contribution in [0.1, 0.15) is 36.5 Å². The molecule has 0 aliphatic carbocycles. The molecule has 3 aromatic rings. The maximum absolute atomic E-state index is 15.2. The number of rotatable bonds is 10. The Morgan fingerprint density at radius 3 is 2.24 bits per heavy atom. The van der Waals surface area contributed by atoms with Crippen LogP contribution in [0.4, 0.5) is 26.3 Å². The second-order valence-electron chi connectivity index (χ2n) is 9.16. The van der Waals surface area contributed by atoms with Gasteiger partial charge in [0.2, 0.25) is 5.75 Å². The van der Waals surface area contributed by atoms with E-state index < -0.39 is 29.6 Å². The molecule has 0 amide bonds. The molecule has 0 saturated carbocycles. The van der Waals surface area contributed by atoms with Crippen molar-refractivity contribution in [2.75, 3.05) is 19.8 Å². The number of benzene rings is 3. The summed E-state index contributed by atoms with van der Waals surface area (Å²) in [5, 5.41) is 1.10. The van der Waals surface area contributed by atoms with E-state index >= 15 is 4.39 Å². The Morgan fingerprint density at radius 1 is 0.868 bits per heavy atom. The highest BCUT2D eigenvalue weighted by Gasteiger charge is 2.34. The first kappa shape index (κ1) is 28.2. The Kier molecular flexibility index (Phi) is 9.17. The topological polar surface area (TPSA) is 36.9 Å². The van der Waals surface area contributed by atoms with E-state index in [0.717, 1.165) is 24.1 Å². The Bertz CT molecular complexity index is 1210. The van der Waals surface area contributed by atoms with Gasteiger partial charge in [-0.05, 0) is 59.9 Å². The number of alkyl halides is 3. The molecule has 38 heavy (non-hydrogen) atoms. The molecule has 0 spiro atoms. The van der Waals surface area contributed by atoms with Gasteiger partial charge in [0, 0.05) is 18.4 Å². The van der Waals surface area contributed by atoms with Crippen LogP contribution in [-0.2, 0) is 33.5 Å². The van der Waals surface area contributed by atoms with Crippen molar-refractivity contribution < 1.29 is 45.3 Å². The second kappa shape index (κ2) is 12.4. The van der Waals surface area contributed by atoms with Gasteiger partial charge in [0.15, 0.2) is 17.9 Å². The van der Waals surface area contributed by atoms with Crippen LogP contribution in [0.25, 0.3) is 10.8 Å². The second-order valence-corrected chi connectivity index (χ2v) is 9.16. The highest BCUT2D eigenvalue weighted by atomic mass is 19.4. The van der Waals surface area contributed by atoms with Gasteiger partial charge in [-0.1, -0.05) is 37.3 Å². The number of aryl methyl sites for hydroxylation is 3. The van der Waals surface area contributed by atoms with Crippen LogP contribution in [0.15, 0.2) is 42.5 Å². The Balaban J connectivity index is 1.35. The molecule has 0 bridgehead atoms. The van der Waals surface area contributed by atoms with Crippen molar-refractivity contribution in [3.63, 3.8) is 0 Å². The fourth-order valence-corrected chi connectivity index (χ4v) is 4.34. The molecule has 4 nitrogen and oxygen atoms in total. The summed E-state index contributed by atoms with van der Waals surface area (Å²) < 4.78 is 101. The quantitative estimate of drug-likeness (QED) is 0.258. The molecular weight excluding hydrogens is 514 g/mol. The maximum atomic E-state index is 15.2. The first-order chi connectivity index (χ1) is 18.1. The van der Waals surface area contributed by atoms with E-state index in [0.29, 0.717) is 49.0 Å². The van der Waals surface area contributed by atoms with Crippen LogP contribution in [0.2, 0.25) is 0 Å². The smallest absolute Gasteiger partial charge is 0.399 e. The zero-order chi connectivity index (χ0) is 27.3. The summed E-state index contributed by atoms with van der Waals surface area (Å²) in [4.78, 5) is 0. The summed E-state index contributed by atoms with van der Waals surface area (Å²) in [5.74, 6) is -4.92. The van der Waals surface area contributed by atoms with Gasteiger partial charge in [-0.2, -0.15) is 0 Å². The minimum Gasteiger partial charge on any atom is -0.399 e. The third-order valence-electron chi connectivity index (χ3n) is 6.22. The van der Waals surface area contributed by atoms with E-state index in [2.05, 4.69) is 4.74 Å². The van der Waals surface area contributed by atoms with E-state index in [4.69, 9.17) is 14.2 Å². The fraction of sp³-hybridized carbons (Fsp3) is 0.429. The number of fused-ring (bicyclic) bond motifs is 1. The van der Waals surface area contributed by atoms with Crippen LogP contribution in [0.5, 0.6) is 5.75 Å². The highest BCUT2D eigenvalue weighted by molar-refractivity contribution is 5.84. The van der Waals surface area contributed by atoms with Crippen molar-refractivity contribution in [3.05, 3.63) is 76.6 Å². The van der Waals surface area contributed by atoms with Crippen LogP contribution in [0, 0.1) is 17.5 Å². The average Bonchev–Trinajstić information content (AvgIpc) is 2.88. The zero-order valence-electron chi connectivity index (χ0n) is 20.8. The van der Waals surface area contributed by atoms with Crippen molar-refractivity contribution in [3.8, 4) is 5.75 Å². The number of ether oxygens (including phenoxy) is 4. The van der Waals surface area contributed by atoms with Crippen molar-refractivity contribution in [1.29, 1.82) is 0 Å². The van der Waals surface area contributed by atoms with E-state index in [1.807, 2.05) is 19.1 Å². The molecule has 1 saturated heterocycles. The van der Waals surface area contributed by atoms with Crippen LogP contribution in [-0.4, -0.2) is 38.6 Å². The first-order valence-electron chi connectivity index (χ1n) is 12.4. The van der Waals surface area contributed by atoms with Crippen molar-refractivity contribution in [1.82, 2.24) is 0 Å². The third-order valence-corrected chi connectivity index (χ3v) is 6.22. The summed E-state index contributed by atoms with van der Waals surface area (Å²) in [5.41, 5.74) is 1.40. The summed E-state index contributed by atoms with van der Waals surface area (Å²) in [6.45, 7) is 3.68.